The first kappa shape index (κ1) is 15.3. The number of para-hydroxylation sites is 1. The molecule has 0 atom stereocenters. The van der Waals surface area contributed by atoms with Crippen LogP contribution in [-0.2, 0) is 13.0 Å². The highest BCUT2D eigenvalue weighted by Crippen LogP contribution is 2.24. The van der Waals surface area contributed by atoms with Crippen molar-refractivity contribution >= 4 is 16.7 Å². The van der Waals surface area contributed by atoms with Crippen LogP contribution in [0.4, 0.5) is 5.69 Å². The van der Waals surface area contributed by atoms with Crippen LogP contribution in [0.1, 0.15) is 29.2 Å². The Bertz CT molecular complexity index is 909. The van der Waals surface area contributed by atoms with Gasteiger partial charge in [-0.15, -0.1) is 0 Å². The third kappa shape index (κ3) is 3.00. The van der Waals surface area contributed by atoms with Gasteiger partial charge in [-0.25, -0.2) is 4.79 Å². The summed E-state index contributed by atoms with van der Waals surface area (Å²) in [7, 11) is 0. The molecule has 2 aromatic carbocycles. The Morgan fingerprint density at radius 3 is 2.61 bits per heavy atom. The fraction of sp³-hybridized carbons (Fsp3) is 0.250. The fourth-order valence-corrected chi connectivity index (χ4v) is 2.86. The smallest absolute Gasteiger partial charge is 0.336 e. The van der Waals surface area contributed by atoms with E-state index in [0.29, 0.717) is 12.1 Å². The zero-order valence-corrected chi connectivity index (χ0v) is 13.8. The van der Waals surface area contributed by atoms with E-state index in [2.05, 4.69) is 30.4 Å². The van der Waals surface area contributed by atoms with Gasteiger partial charge in [0.25, 0.3) is 0 Å². The van der Waals surface area contributed by atoms with Gasteiger partial charge in [-0.2, -0.15) is 0 Å². The summed E-state index contributed by atoms with van der Waals surface area (Å²) in [4.78, 5) is 11.9. The van der Waals surface area contributed by atoms with Crippen LogP contribution in [0.3, 0.4) is 0 Å². The van der Waals surface area contributed by atoms with Crippen LogP contribution in [0, 0.1) is 13.8 Å². The van der Waals surface area contributed by atoms with E-state index in [1.54, 1.807) is 6.07 Å². The molecule has 0 aliphatic rings. The highest BCUT2D eigenvalue weighted by atomic mass is 16.4. The molecule has 0 saturated heterocycles. The first-order chi connectivity index (χ1) is 11.1. The van der Waals surface area contributed by atoms with Gasteiger partial charge in [-0.1, -0.05) is 37.3 Å². The second-order valence-electron chi connectivity index (χ2n) is 5.84. The molecular weight excluding hydrogens is 286 g/mol. The van der Waals surface area contributed by atoms with Crippen molar-refractivity contribution < 1.29 is 4.42 Å². The Hall–Kier alpha value is -2.55. The largest absolute Gasteiger partial charge is 0.422 e. The zero-order valence-electron chi connectivity index (χ0n) is 13.8. The highest BCUT2D eigenvalue weighted by Gasteiger charge is 2.10. The molecular formula is C20H21NO2. The van der Waals surface area contributed by atoms with E-state index < -0.39 is 0 Å². The molecule has 0 saturated carbocycles. The molecule has 3 aromatic rings. The van der Waals surface area contributed by atoms with Crippen LogP contribution in [0.2, 0.25) is 0 Å². The summed E-state index contributed by atoms with van der Waals surface area (Å²) in [5.74, 6) is 0. The quantitative estimate of drug-likeness (QED) is 0.717. The van der Waals surface area contributed by atoms with Gasteiger partial charge in [0, 0.05) is 23.7 Å². The second-order valence-corrected chi connectivity index (χ2v) is 5.84. The lowest BCUT2D eigenvalue weighted by Crippen LogP contribution is -2.07. The molecule has 1 N–H and O–H groups in total. The highest BCUT2D eigenvalue weighted by molar-refractivity contribution is 5.84. The molecule has 0 radical (unpaired) electrons. The van der Waals surface area contributed by atoms with E-state index in [4.69, 9.17) is 4.42 Å². The predicted molar refractivity (Wildman–Crippen MR) is 95.1 cm³/mol. The molecule has 3 heteroatoms. The standard InChI is InChI=1S/C20H21NO2/c1-4-15-7-5-6-8-18(15)21-12-16-11-19(22)23-20-14(3)13(2)9-10-17(16)20/h5-11,21H,4,12H2,1-3H3. The number of rotatable bonds is 4. The normalized spacial score (nSPS) is 10.9. The van der Waals surface area contributed by atoms with Crippen molar-refractivity contribution in [2.24, 2.45) is 0 Å². The molecule has 1 aromatic heterocycles. The summed E-state index contributed by atoms with van der Waals surface area (Å²) < 4.78 is 5.43. The average molecular weight is 307 g/mol. The Morgan fingerprint density at radius 1 is 1.04 bits per heavy atom. The lowest BCUT2D eigenvalue weighted by molar-refractivity contribution is 0.556. The van der Waals surface area contributed by atoms with Crippen LogP contribution in [0.15, 0.2) is 51.7 Å². The molecule has 0 aliphatic heterocycles. The zero-order chi connectivity index (χ0) is 16.4. The van der Waals surface area contributed by atoms with Crippen molar-refractivity contribution in [2.45, 2.75) is 33.7 Å². The third-order valence-electron chi connectivity index (χ3n) is 4.38. The third-order valence-corrected chi connectivity index (χ3v) is 4.38. The van der Waals surface area contributed by atoms with Crippen LogP contribution in [-0.4, -0.2) is 0 Å². The Balaban J connectivity index is 2.00. The summed E-state index contributed by atoms with van der Waals surface area (Å²) in [5, 5.41) is 4.45. The van der Waals surface area contributed by atoms with Gasteiger partial charge in [0.1, 0.15) is 5.58 Å². The maximum atomic E-state index is 11.9. The predicted octanol–water partition coefficient (Wildman–Crippen LogP) is 4.58. The van der Waals surface area contributed by atoms with Gasteiger partial charge in [0.2, 0.25) is 0 Å². The van der Waals surface area contributed by atoms with Crippen LogP contribution >= 0.6 is 0 Å². The molecule has 118 valence electrons. The van der Waals surface area contributed by atoms with E-state index in [9.17, 15) is 4.79 Å². The summed E-state index contributed by atoms with van der Waals surface area (Å²) >= 11 is 0. The van der Waals surface area contributed by atoms with Crippen molar-refractivity contribution in [2.75, 3.05) is 5.32 Å². The van der Waals surface area contributed by atoms with E-state index >= 15 is 0 Å². The number of nitrogens with one attached hydrogen (secondary N) is 1. The summed E-state index contributed by atoms with van der Waals surface area (Å²) in [6.45, 7) is 6.75. The first-order valence-corrected chi connectivity index (χ1v) is 7.95. The van der Waals surface area contributed by atoms with Crippen molar-refractivity contribution in [1.82, 2.24) is 0 Å². The average Bonchev–Trinajstić information content (AvgIpc) is 2.56. The van der Waals surface area contributed by atoms with E-state index in [0.717, 1.165) is 34.2 Å². The van der Waals surface area contributed by atoms with Crippen molar-refractivity contribution in [1.29, 1.82) is 0 Å². The summed E-state index contributed by atoms with van der Waals surface area (Å²) in [5.41, 5.74) is 5.89. The number of anilines is 1. The maximum absolute atomic E-state index is 11.9. The second kappa shape index (κ2) is 6.29. The number of aryl methyl sites for hydroxylation is 3. The SMILES string of the molecule is CCc1ccccc1NCc1cc(=O)oc2c(C)c(C)ccc12. The van der Waals surface area contributed by atoms with Gasteiger partial charge in [-0.3, -0.25) is 0 Å². The molecule has 23 heavy (non-hydrogen) atoms. The van der Waals surface area contributed by atoms with Gasteiger partial charge >= 0.3 is 5.63 Å². The van der Waals surface area contributed by atoms with Crippen molar-refractivity contribution in [3.63, 3.8) is 0 Å². The lowest BCUT2D eigenvalue weighted by atomic mass is 10.0. The summed E-state index contributed by atoms with van der Waals surface area (Å²) in [6.07, 6.45) is 0.971. The molecule has 0 bridgehead atoms. The van der Waals surface area contributed by atoms with Gasteiger partial charge in [0.05, 0.1) is 0 Å². The number of hydrogen-bond donors (Lipinski definition) is 1. The van der Waals surface area contributed by atoms with Crippen LogP contribution < -0.4 is 10.9 Å². The fourth-order valence-electron chi connectivity index (χ4n) is 2.86. The Morgan fingerprint density at radius 2 is 1.83 bits per heavy atom. The minimum absolute atomic E-state index is 0.299. The molecule has 3 rings (SSSR count). The van der Waals surface area contributed by atoms with E-state index in [1.165, 1.54) is 5.56 Å². The van der Waals surface area contributed by atoms with E-state index in [1.807, 2.05) is 32.0 Å². The molecule has 0 amide bonds. The molecule has 0 unspecified atom stereocenters. The topological polar surface area (TPSA) is 42.2 Å². The van der Waals surface area contributed by atoms with Crippen LogP contribution in [0.5, 0.6) is 0 Å². The Kier molecular flexibility index (Phi) is 4.20. The molecule has 0 spiro atoms. The summed E-state index contributed by atoms with van der Waals surface area (Å²) in [6, 6.07) is 13.9. The maximum Gasteiger partial charge on any atom is 0.336 e. The number of benzene rings is 2. The minimum Gasteiger partial charge on any atom is -0.422 e. The minimum atomic E-state index is -0.299. The van der Waals surface area contributed by atoms with E-state index in [-0.39, 0.29) is 5.63 Å². The molecule has 3 nitrogen and oxygen atoms in total. The number of hydrogen-bond acceptors (Lipinski definition) is 3. The van der Waals surface area contributed by atoms with Gasteiger partial charge in [-0.05, 0) is 48.6 Å². The molecule has 0 fully saturated rings. The first-order valence-electron chi connectivity index (χ1n) is 7.95. The lowest BCUT2D eigenvalue weighted by Gasteiger charge is -2.13. The molecule has 0 aliphatic carbocycles. The van der Waals surface area contributed by atoms with Gasteiger partial charge in [0.15, 0.2) is 0 Å². The Labute approximate surface area is 136 Å². The number of fused-ring (bicyclic) bond motifs is 1. The van der Waals surface area contributed by atoms with Crippen molar-refractivity contribution in [3.8, 4) is 0 Å². The van der Waals surface area contributed by atoms with Crippen LogP contribution in [0.25, 0.3) is 11.0 Å². The molecule has 1 heterocycles. The van der Waals surface area contributed by atoms with Gasteiger partial charge < -0.3 is 9.73 Å². The van der Waals surface area contributed by atoms with Crippen molar-refractivity contribution in [3.05, 3.63) is 75.1 Å². The monoisotopic (exact) mass is 307 g/mol.